The maximum Gasteiger partial charge on any atom is -0.0196 e. The van der Waals surface area contributed by atoms with Crippen molar-refractivity contribution in [3.63, 3.8) is 0 Å². The van der Waals surface area contributed by atoms with Gasteiger partial charge in [-0.25, -0.2) is 0 Å². The van der Waals surface area contributed by atoms with Gasteiger partial charge < -0.3 is 0 Å². The molecular weight excluding hydrogens is 264 g/mol. The van der Waals surface area contributed by atoms with Crippen LogP contribution in [-0.2, 0) is 0 Å². The van der Waals surface area contributed by atoms with Crippen LogP contribution >= 0.6 is 0 Å². The molecule has 22 heavy (non-hydrogen) atoms. The molecule has 0 aromatic carbocycles. The highest BCUT2D eigenvalue weighted by molar-refractivity contribution is 5.50. The molecule has 0 aromatic heterocycles. The SMILES string of the molecule is C=C.C=CC(=C)C(=C)C(=C)C=C.CC[C@@H](C)C(C)[C@@H](C)CC. The molecule has 0 amide bonds. The summed E-state index contributed by atoms with van der Waals surface area (Å²) in [5.74, 6) is 2.69. The van der Waals surface area contributed by atoms with Crippen LogP contribution in [0.4, 0.5) is 0 Å². The normalized spacial score (nSPS) is 13.0. The topological polar surface area (TPSA) is 0 Å². The first-order valence-corrected chi connectivity index (χ1v) is 8.08. The zero-order chi connectivity index (χ0) is 18.3. The minimum absolute atomic E-state index is 0.796. The Hall–Kier alpha value is -1.56. The molecule has 0 aliphatic heterocycles. The molecule has 1 unspecified atom stereocenters. The molecule has 0 saturated heterocycles. The van der Waals surface area contributed by atoms with Crippen LogP contribution in [0.2, 0.25) is 0 Å². The van der Waals surface area contributed by atoms with E-state index in [1.54, 1.807) is 12.2 Å². The molecule has 0 radical (unpaired) electrons. The van der Waals surface area contributed by atoms with E-state index in [9.17, 15) is 0 Å². The molecule has 0 rings (SSSR count). The van der Waals surface area contributed by atoms with Gasteiger partial charge in [0.2, 0.25) is 0 Å². The van der Waals surface area contributed by atoms with Crippen molar-refractivity contribution >= 4 is 0 Å². The van der Waals surface area contributed by atoms with Crippen LogP contribution in [0.1, 0.15) is 47.5 Å². The predicted octanol–water partition coefficient (Wildman–Crippen LogP) is 7.54. The van der Waals surface area contributed by atoms with Crippen LogP contribution in [0.25, 0.3) is 0 Å². The Morgan fingerprint density at radius 3 is 1.23 bits per heavy atom. The summed E-state index contributed by atoms with van der Waals surface area (Å²) >= 11 is 0. The number of allylic oxidation sites excluding steroid dienone is 5. The van der Waals surface area contributed by atoms with Gasteiger partial charge in [0, 0.05) is 0 Å². The fourth-order valence-corrected chi connectivity index (χ4v) is 1.76. The zero-order valence-electron chi connectivity index (χ0n) is 15.8. The summed E-state index contributed by atoms with van der Waals surface area (Å²) in [4.78, 5) is 0. The Kier molecular flexibility index (Phi) is 18.3. The first-order valence-electron chi connectivity index (χ1n) is 8.08. The lowest BCUT2D eigenvalue weighted by molar-refractivity contribution is 0.267. The standard InChI is InChI=1S/C10H22.C10H12.C2H4/c2*1-6-8(3)10(5)9(4)7-2;1-2/h8-10H,6-7H2,1-5H3;6-7H,1-5H2;1-2H2/t8-,9+,10?;;. The summed E-state index contributed by atoms with van der Waals surface area (Å²) in [6, 6.07) is 0. The molecule has 0 nitrogen and oxygen atoms in total. The second kappa shape index (κ2) is 15.8. The van der Waals surface area contributed by atoms with E-state index in [4.69, 9.17) is 0 Å². The maximum atomic E-state index is 3.75. The van der Waals surface area contributed by atoms with E-state index in [-0.39, 0.29) is 0 Å². The van der Waals surface area contributed by atoms with E-state index < -0.39 is 0 Å². The van der Waals surface area contributed by atoms with Crippen LogP contribution < -0.4 is 0 Å². The van der Waals surface area contributed by atoms with Crippen LogP contribution in [-0.4, -0.2) is 0 Å². The maximum absolute atomic E-state index is 3.75. The van der Waals surface area contributed by atoms with E-state index in [0.717, 1.165) is 34.5 Å². The van der Waals surface area contributed by atoms with Gasteiger partial charge in [0.15, 0.2) is 0 Å². The number of hydrogen-bond donors (Lipinski definition) is 0. The third-order valence-corrected chi connectivity index (χ3v) is 4.35. The van der Waals surface area contributed by atoms with Crippen LogP contribution in [0.15, 0.2) is 74.9 Å². The molecule has 0 heteroatoms. The minimum Gasteiger partial charge on any atom is -0.106 e. The van der Waals surface area contributed by atoms with Crippen molar-refractivity contribution in [2.75, 3.05) is 0 Å². The summed E-state index contributed by atoms with van der Waals surface area (Å²) < 4.78 is 0. The van der Waals surface area contributed by atoms with E-state index in [1.807, 2.05) is 0 Å². The molecule has 3 atom stereocenters. The lowest BCUT2D eigenvalue weighted by Gasteiger charge is -2.23. The molecule has 0 N–H and O–H groups in total. The number of rotatable bonds is 8. The molecular formula is C22H38. The van der Waals surface area contributed by atoms with Gasteiger partial charge in [-0.2, -0.15) is 0 Å². The first kappa shape index (κ1) is 25.4. The van der Waals surface area contributed by atoms with Crippen molar-refractivity contribution in [3.8, 4) is 0 Å². The Morgan fingerprint density at radius 2 is 1.05 bits per heavy atom. The second-order valence-electron chi connectivity index (χ2n) is 5.57. The summed E-state index contributed by atoms with van der Waals surface area (Å²) in [6.45, 7) is 36.0. The Balaban J connectivity index is -0.000000294. The van der Waals surface area contributed by atoms with Crippen molar-refractivity contribution in [2.24, 2.45) is 17.8 Å². The van der Waals surface area contributed by atoms with Crippen LogP contribution in [0, 0.1) is 17.8 Å². The molecule has 0 aromatic rings. The molecule has 0 saturated carbocycles. The Labute approximate surface area is 140 Å². The van der Waals surface area contributed by atoms with Crippen LogP contribution in [0.5, 0.6) is 0 Å². The van der Waals surface area contributed by atoms with E-state index in [2.05, 4.69) is 80.7 Å². The summed E-state index contributed by atoms with van der Waals surface area (Å²) in [5, 5.41) is 0. The third-order valence-electron chi connectivity index (χ3n) is 4.35. The van der Waals surface area contributed by atoms with Crippen molar-refractivity contribution in [1.29, 1.82) is 0 Å². The second-order valence-corrected chi connectivity index (χ2v) is 5.57. The lowest BCUT2D eigenvalue weighted by Crippen LogP contribution is -2.14. The molecule has 0 aliphatic carbocycles. The van der Waals surface area contributed by atoms with E-state index in [0.29, 0.717) is 0 Å². The largest absolute Gasteiger partial charge is 0.106 e. The summed E-state index contributed by atoms with van der Waals surface area (Å²) in [6.07, 6.45) is 5.95. The molecule has 0 bridgehead atoms. The van der Waals surface area contributed by atoms with Crippen molar-refractivity contribution in [3.05, 3.63) is 74.9 Å². The highest BCUT2D eigenvalue weighted by atomic mass is 14.2. The van der Waals surface area contributed by atoms with Crippen molar-refractivity contribution in [2.45, 2.75) is 47.5 Å². The van der Waals surface area contributed by atoms with Gasteiger partial charge in [0.25, 0.3) is 0 Å². The fourth-order valence-electron chi connectivity index (χ4n) is 1.76. The van der Waals surface area contributed by atoms with Gasteiger partial charge in [-0.1, -0.05) is 92.5 Å². The smallest absolute Gasteiger partial charge is 0.0196 e. The molecule has 0 aliphatic rings. The molecule has 0 spiro atoms. The van der Waals surface area contributed by atoms with E-state index in [1.165, 1.54) is 12.8 Å². The van der Waals surface area contributed by atoms with Gasteiger partial charge in [-0.3, -0.25) is 0 Å². The highest BCUT2D eigenvalue weighted by Crippen LogP contribution is 2.24. The average molecular weight is 303 g/mol. The third kappa shape index (κ3) is 11.1. The highest BCUT2D eigenvalue weighted by Gasteiger charge is 2.15. The summed E-state index contributed by atoms with van der Waals surface area (Å²) in [5.41, 5.74) is 2.39. The van der Waals surface area contributed by atoms with Gasteiger partial charge in [0.05, 0.1) is 0 Å². The van der Waals surface area contributed by atoms with Gasteiger partial charge in [-0.05, 0) is 34.5 Å². The average Bonchev–Trinajstić information content (AvgIpc) is 2.59. The van der Waals surface area contributed by atoms with E-state index >= 15 is 0 Å². The molecule has 126 valence electrons. The van der Waals surface area contributed by atoms with Gasteiger partial charge in [-0.15, -0.1) is 13.2 Å². The quantitative estimate of drug-likeness (QED) is 0.321. The zero-order valence-corrected chi connectivity index (χ0v) is 15.8. The minimum atomic E-state index is 0.796. The van der Waals surface area contributed by atoms with Crippen LogP contribution in [0.3, 0.4) is 0 Å². The van der Waals surface area contributed by atoms with Gasteiger partial charge in [0.1, 0.15) is 0 Å². The Bertz CT molecular complexity index is 324. The number of hydrogen-bond acceptors (Lipinski definition) is 0. The first-order chi connectivity index (χ1) is 10.3. The summed E-state index contributed by atoms with van der Waals surface area (Å²) in [7, 11) is 0. The van der Waals surface area contributed by atoms with Crippen molar-refractivity contribution in [1.82, 2.24) is 0 Å². The fraction of sp³-hybridized carbons (Fsp3) is 0.455. The predicted molar refractivity (Wildman–Crippen MR) is 107 cm³/mol. The molecule has 0 fully saturated rings. The van der Waals surface area contributed by atoms with Gasteiger partial charge >= 0.3 is 0 Å². The lowest BCUT2D eigenvalue weighted by atomic mass is 9.82. The molecule has 0 heterocycles. The van der Waals surface area contributed by atoms with Crippen molar-refractivity contribution < 1.29 is 0 Å². The monoisotopic (exact) mass is 302 g/mol. The Morgan fingerprint density at radius 1 is 0.773 bits per heavy atom.